The van der Waals surface area contributed by atoms with Crippen molar-refractivity contribution >= 4 is 17.2 Å². The molecule has 0 N–H and O–H groups in total. The van der Waals surface area contributed by atoms with Gasteiger partial charge in [-0.25, -0.2) is 4.98 Å². The lowest BCUT2D eigenvalue weighted by Crippen LogP contribution is -2.50. The maximum Gasteiger partial charge on any atom is 0.225 e. The van der Waals surface area contributed by atoms with Crippen LogP contribution in [0.2, 0.25) is 0 Å². The van der Waals surface area contributed by atoms with Gasteiger partial charge in [-0.15, -0.1) is 11.3 Å². The second-order valence-electron chi connectivity index (χ2n) is 7.56. The van der Waals surface area contributed by atoms with Crippen molar-refractivity contribution in [1.29, 1.82) is 0 Å². The molecule has 2 heterocycles. The molecule has 1 saturated heterocycles. The second-order valence-corrected chi connectivity index (χ2v) is 8.45. The van der Waals surface area contributed by atoms with Crippen molar-refractivity contribution in [3.05, 3.63) is 16.1 Å². The predicted molar refractivity (Wildman–Crippen MR) is 92.5 cm³/mol. The van der Waals surface area contributed by atoms with Crippen LogP contribution in [0.25, 0.3) is 0 Å². The molecule has 3 aliphatic rings. The minimum absolute atomic E-state index is 0.315. The number of nitrogens with zero attached hydrogens (tertiary/aromatic N) is 3. The Hall–Kier alpha value is -0.940. The van der Waals surface area contributed by atoms with E-state index in [0.29, 0.717) is 17.9 Å². The molecule has 0 radical (unpaired) electrons. The average molecular weight is 334 g/mol. The monoisotopic (exact) mass is 333 g/mol. The largest absolute Gasteiger partial charge is 0.341 e. The number of hydrogen-bond acceptors (Lipinski definition) is 4. The lowest BCUT2D eigenvalue weighted by atomic mass is 9.84. The van der Waals surface area contributed by atoms with Crippen LogP contribution < -0.4 is 0 Å². The Morgan fingerprint density at radius 3 is 2.83 bits per heavy atom. The number of likely N-dealkylation sites (tertiary alicyclic amines) is 1. The molecule has 1 atom stereocenters. The lowest BCUT2D eigenvalue weighted by Gasteiger charge is -2.40. The maximum absolute atomic E-state index is 12.5. The summed E-state index contributed by atoms with van der Waals surface area (Å²) in [7, 11) is 2.02. The third-order valence-corrected chi connectivity index (χ3v) is 6.77. The number of amides is 1. The smallest absolute Gasteiger partial charge is 0.225 e. The number of hydrogen-bond donors (Lipinski definition) is 0. The summed E-state index contributed by atoms with van der Waals surface area (Å²) in [5.74, 6) is 1.46. The number of thiazole rings is 1. The molecule has 1 unspecified atom stereocenters. The highest BCUT2D eigenvalue weighted by atomic mass is 32.1. The Bertz CT molecular complexity index is 564. The first-order chi connectivity index (χ1) is 11.2. The first-order valence-electron chi connectivity index (χ1n) is 9.14. The Morgan fingerprint density at radius 2 is 2.13 bits per heavy atom. The summed E-state index contributed by atoms with van der Waals surface area (Å²) in [5.41, 5.74) is 1.23. The summed E-state index contributed by atoms with van der Waals surface area (Å²) in [6.07, 6.45) is 8.42. The number of piperidine rings is 1. The second kappa shape index (κ2) is 6.52. The van der Waals surface area contributed by atoms with E-state index in [1.165, 1.54) is 36.4 Å². The Kier molecular flexibility index (Phi) is 4.41. The highest BCUT2D eigenvalue weighted by molar-refractivity contribution is 7.09. The zero-order valence-corrected chi connectivity index (χ0v) is 14.9. The summed E-state index contributed by atoms with van der Waals surface area (Å²) in [6.45, 7) is 3.09. The van der Waals surface area contributed by atoms with Gasteiger partial charge in [0.25, 0.3) is 0 Å². The van der Waals surface area contributed by atoms with E-state index in [9.17, 15) is 4.79 Å². The van der Waals surface area contributed by atoms with Crippen molar-refractivity contribution in [2.75, 3.05) is 20.1 Å². The molecule has 1 amide bonds. The third kappa shape index (κ3) is 3.45. The van der Waals surface area contributed by atoms with Crippen LogP contribution in [0.15, 0.2) is 5.38 Å². The first-order valence-corrected chi connectivity index (χ1v) is 10.0. The van der Waals surface area contributed by atoms with Crippen molar-refractivity contribution < 1.29 is 4.79 Å². The summed E-state index contributed by atoms with van der Waals surface area (Å²) < 4.78 is 0. The Morgan fingerprint density at radius 1 is 1.30 bits per heavy atom. The van der Waals surface area contributed by atoms with Gasteiger partial charge in [0.1, 0.15) is 0 Å². The van der Waals surface area contributed by atoms with E-state index in [-0.39, 0.29) is 0 Å². The molecule has 126 valence electrons. The van der Waals surface area contributed by atoms with E-state index < -0.39 is 0 Å². The molecule has 23 heavy (non-hydrogen) atoms. The van der Waals surface area contributed by atoms with Crippen LogP contribution in [-0.4, -0.2) is 46.9 Å². The summed E-state index contributed by atoms with van der Waals surface area (Å²) in [4.78, 5) is 21.8. The number of carbonyl (C=O) groups excluding carboxylic acids is 1. The summed E-state index contributed by atoms with van der Waals surface area (Å²) >= 11 is 1.83. The van der Waals surface area contributed by atoms with Crippen LogP contribution in [0.4, 0.5) is 0 Å². The first kappa shape index (κ1) is 15.6. The van der Waals surface area contributed by atoms with Crippen LogP contribution in [-0.2, 0) is 11.3 Å². The fourth-order valence-corrected chi connectivity index (χ4v) is 4.74. The molecular weight excluding hydrogens is 306 g/mol. The van der Waals surface area contributed by atoms with Crippen molar-refractivity contribution in [2.24, 2.45) is 5.92 Å². The van der Waals surface area contributed by atoms with Crippen molar-refractivity contribution in [3.8, 4) is 0 Å². The van der Waals surface area contributed by atoms with Crippen molar-refractivity contribution in [1.82, 2.24) is 14.8 Å². The molecule has 0 aromatic carbocycles. The molecule has 1 aromatic heterocycles. The van der Waals surface area contributed by atoms with Gasteiger partial charge in [0.2, 0.25) is 5.91 Å². The quantitative estimate of drug-likeness (QED) is 0.830. The minimum Gasteiger partial charge on any atom is -0.341 e. The molecule has 4 rings (SSSR count). The van der Waals surface area contributed by atoms with Gasteiger partial charge in [-0.05, 0) is 45.1 Å². The van der Waals surface area contributed by atoms with Crippen molar-refractivity contribution in [3.63, 3.8) is 0 Å². The third-order valence-electron chi connectivity index (χ3n) is 5.71. The molecule has 5 heteroatoms. The standard InChI is InChI=1S/C18H27N3OS/c1-20(18(22)14-4-2-5-14)16-6-3-9-21(11-16)10-15-12-23-17(19-15)13-7-8-13/h12-14,16H,2-11H2,1H3. The lowest BCUT2D eigenvalue weighted by molar-refractivity contribution is -0.140. The molecule has 0 bridgehead atoms. The number of likely N-dealkylation sites (N-methyl/N-ethyl adjacent to an activating group) is 1. The Balaban J connectivity index is 1.33. The number of aromatic nitrogens is 1. The van der Waals surface area contributed by atoms with Gasteiger partial charge in [0, 0.05) is 43.4 Å². The van der Waals surface area contributed by atoms with Crippen molar-refractivity contribution in [2.45, 2.75) is 63.5 Å². The van der Waals surface area contributed by atoms with E-state index in [1.807, 2.05) is 23.3 Å². The summed E-state index contributed by atoms with van der Waals surface area (Å²) in [5, 5.41) is 3.58. The van der Waals surface area contributed by atoms with Crippen LogP contribution >= 0.6 is 11.3 Å². The Labute approximate surface area is 142 Å². The molecular formula is C18H27N3OS. The molecule has 1 aromatic rings. The fourth-order valence-electron chi connectivity index (χ4n) is 3.76. The van der Waals surface area contributed by atoms with E-state index in [1.54, 1.807) is 0 Å². The van der Waals surface area contributed by atoms with Gasteiger partial charge in [0.15, 0.2) is 0 Å². The summed E-state index contributed by atoms with van der Waals surface area (Å²) in [6, 6.07) is 0.387. The zero-order valence-electron chi connectivity index (χ0n) is 14.0. The fraction of sp³-hybridized carbons (Fsp3) is 0.778. The molecule has 2 saturated carbocycles. The van der Waals surface area contributed by atoms with E-state index in [0.717, 1.165) is 44.8 Å². The highest BCUT2D eigenvalue weighted by Gasteiger charge is 2.33. The van der Waals surface area contributed by atoms with E-state index >= 15 is 0 Å². The van der Waals surface area contributed by atoms with E-state index in [2.05, 4.69) is 10.3 Å². The van der Waals surface area contributed by atoms with Crippen LogP contribution in [0.1, 0.15) is 61.6 Å². The van der Waals surface area contributed by atoms with Gasteiger partial charge in [0.05, 0.1) is 10.7 Å². The number of rotatable bonds is 5. The topological polar surface area (TPSA) is 36.4 Å². The van der Waals surface area contributed by atoms with Gasteiger partial charge < -0.3 is 4.90 Å². The van der Waals surface area contributed by atoms with Crippen LogP contribution in [0.3, 0.4) is 0 Å². The molecule has 1 aliphatic heterocycles. The highest BCUT2D eigenvalue weighted by Crippen LogP contribution is 2.41. The zero-order chi connectivity index (χ0) is 15.8. The molecule has 3 fully saturated rings. The molecule has 4 nitrogen and oxygen atoms in total. The average Bonchev–Trinajstić information content (AvgIpc) is 3.25. The molecule has 0 spiro atoms. The normalized spacial score (nSPS) is 26.0. The predicted octanol–water partition coefficient (Wildman–Crippen LogP) is 3.24. The van der Waals surface area contributed by atoms with Gasteiger partial charge in [-0.3, -0.25) is 9.69 Å². The van der Waals surface area contributed by atoms with Crippen LogP contribution in [0, 0.1) is 5.92 Å². The number of carbonyl (C=O) groups is 1. The van der Waals surface area contributed by atoms with Gasteiger partial charge in [-0.1, -0.05) is 6.42 Å². The van der Waals surface area contributed by atoms with Gasteiger partial charge in [-0.2, -0.15) is 0 Å². The van der Waals surface area contributed by atoms with Crippen LogP contribution in [0.5, 0.6) is 0 Å². The molecule has 2 aliphatic carbocycles. The van der Waals surface area contributed by atoms with E-state index in [4.69, 9.17) is 4.98 Å². The minimum atomic E-state index is 0.315. The van der Waals surface area contributed by atoms with Gasteiger partial charge >= 0.3 is 0 Å². The maximum atomic E-state index is 12.5. The SMILES string of the molecule is CN(C(=O)C1CCC1)C1CCCN(Cc2csc(C3CC3)n2)C1.